The van der Waals surface area contributed by atoms with Gasteiger partial charge in [0.1, 0.15) is 6.33 Å². The van der Waals surface area contributed by atoms with Crippen LogP contribution in [-0.2, 0) is 13.6 Å². The van der Waals surface area contributed by atoms with Crippen molar-refractivity contribution in [1.82, 2.24) is 25.0 Å². The van der Waals surface area contributed by atoms with Crippen molar-refractivity contribution in [2.75, 3.05) is 5.32 Å². The Kier molecular flexibility index (Phi) is 2.11. The predicted octanol–water partition coefficient (Wildman–Crippen LogP) is -0.600. The maximum absolute atomic E-state index is 5.31. The van der Waals surface area contributed by atoms with E-state index in [1.54, 1.807) is 17.9 Å². The Morgan fingerprint density at radius 3 is 2.93 bits per heavy atom. The number of nitrogens with one attached hydrogen (secondary N) is 1. The Hall–Kier alpha value is -1.96. The molecule has 8 heteroatoms. The fraction of sp³-hybridized carbons (Fsp3) is 0.333. The van der Waals surface area contributed by atoms with Gasteiger partial charge in [0, 0.05) is 7.05 Å². The van der Waals surface area contributed by atoms with Crippen molar-refractivity contribution in [2.45, 2.75) is 6.54 Å². The minimum absolute atomic E-state index is 0.216. The molecule has 0 aliphatic heterocycles. The second-order valence-corrected chi connectivity index (χ2v) is 2.60. The average Bonchev–Trinajstić information content (AvgIpc) is 2.77. The molecule has 2 aromatic heterocycles. The smallest absolute Gasteiger partial charge is 0.322 e. The summed E-state index contributed by atoms with van der Waals surface area (Å²) in [6, 6.07) is 0.251. The number of rotatable bonds is 3. The molecule has 0 amide bonds. The van der Waals surface area contributed by atoms with Crippen LogP contribution in [-0.4, -0.2) is 25.0 Å². The minimum atomic E-state index is 0.216. The number of nitrogens with zero attached hydrogens (tertiary/aromatic N) is 5. The Bertz CT molecular complexity index is 419. The highest BCUT2D eigenvalue weighted by atomic mass is 16.4. The molecule has 0 radical (unpaired) electrons. The Labute approximate surface area is 79.1 Å². The van der Waals surface area contributed by atoms with Crippen molar-refractivity contribution >= 4 is 12.0 Å². The summed E-state index contributed by atoms with van der Waals surface area (Å²) in [6.07, 6.45) is 1.56. The van der Waals surface area contributed by atoms with Gasteiger partial charge in [-0.3, -0.25) is 5.32 Å². The molecule has 14 heavy (non-hydrogen) atoms. The number of nitrogens with two attached hydrogens (primary N) is 1. The van der Waals surface area contributed by atoms with E-state index in [4.69, 9.17) is 10.2 Å². The maximum Gasteiger partial charge on any atom is 0.322 e. The van der Waals surface area contributed by atoms with Crippen LogP contribution in [0.2, 0.25) is 0 Å². The monoisotopic (exact) mass is 195 g/mol. The first-order valence-corrected chi connectivity index (χ1v) is 3.93. The highest BCUT2D eigenvalue weighted by Crippen LogP contribution is 2.10. The molecular weight excluding hydrogens is 186 g/mol. The average molecular weight is 195 g/mol. The third-order valence-electron chi connectivity index (χ3n) is 1.57. The number of anilines is 2. The molecular formula is C6H9N7O. The summed E-state index contributed by atoms with van der Waals surface area (Å²) in [5.74, 6) is 0.895. The van der Waals surface area contributed by atoms with Crippen LogP contribution in [0.4, 0.5) is 12.0 Å². The molecule has 2 aromatic rings. The van der Waals surface area contributed by atoms with E-state index in [0.717, 1.165) is 0 Å². The van der Waals surface area contributed by atoms with Crippen molar-refractivity contribution in [3.63, 3.8) is 0 Å². The van der Waals surface area contributed by atoms with Crippen molar-refractivity contribution in [3.8, 4) is 0 Å². The lowest BCUT2D eigenvalue weighted by Gasteiger charge is -1.97. The van der Waals surface area contributed by atoms with E-state index in [1.807, 2.05) is 0 Å². The van der Waals surface area contributed by atoms with Gasteiger partial charge in [0.2, 0.25) is 11.8 Å². The molecule has 0 aliphatic rings. The van der Waals surface area contributed by atoms with Gasteiger partial charge in [0.25, 0.3) is 0 Å². The normalized spacial score (nSPS) is 10.4. The van der Waals surface area contributed by atoms with E-state index in [-0.39, 0.29) is 12.6 Å². The molecule has 8 nitrogen and oxygen atoms in total. The maximum atomic E-state index is 5.31. The van der Waals surface area contributed by atoms with Crippen LogP contribution in [0.5, 0.6) is 0 Å². The van der Waals surface area contributed by atoms with Gasteiger partial charge in [-0.05, 0) is 0 Å². The molecule has 3 N–H and O–H groups in total. The summed E-state index contributed by atoms with van der Waals surface area (Å²) in [4.78, 5) is 0. The largest absolute Gasteiger partial charge is 0.406 e. The van der Waals surface area contributed by atoms with Gasteiger partial charge >= 0.3 is 6.01 Å². The lowest BCUT2D eigenvalue weighted by Crippen LogP contribution is -1.98. The highest BCUT2D eigenvalue weighted by Gasteiger charge is 2.07. The van der Waals surface area contributed by atoms with E-state index in [9.17, 15) is 0 Å². The molecule has 0 saturated heterocycles. The van der Waals surface area contributed by atoms with Crippen LogP contribution < -0.4 is 11.1 Å². The first-order valence-electron chi connectivity index (χ1n) is 3.93. The summed E-state index contributed by atoms with van der Waals surface area (Å²) < 4.78 is 6.81. The molecule has 0 bridgehead atoms. The molecule has 0 spiro atoms. The van der Waals surface area contributed by atoms with Gasteiger partial charge in [0.15, 0.2) is 0 Å². The van der Waals surface area contributed by atoms with E-state index >= 15 is 0 Å². The first-order chi connectivity index (χ1) is 6.79. The van der Waals surface area contributed by atoms with Crippen molar-refractivity contribution in [2.24, 2.45) is 12.8 Å². The molecule has 0 aliphatic carbocycles. The van der Waals surface area contributed by atoms with E-state index in [0.29, 0.717) is 11.8 Å². The Morgan fingerprint density at radius 1 is 1.50 bits per heavy atom. The second kappa shape index (κ2) is 3.42. The first kappa shape index (κ1) is 8.63. The number of hydrogen-bond donors (Lipinski definition) is 2. The summed E-state index contributed by atoms with van der Waals surface area (Å²) in [6.45, 7) is 0.216. The third-order valence-corrected chi connectivity index (χ3v) is 1.57. The standard InChI is InChI=1S/C6H9N7O/c1-13-3-8-11-5(13)9-6-12-10-4(2-7)14-6/h3H,2,7H2,1H3,(H,9,11,12). The minimum Gasteiger partial charge on any atom is -0.406 e. The van der Waals surface area contributed by atoms with Gasteiger partial charge in [-0.15, -0.1) is 15.3 Å². The van der Waals surface area contributed by atoms with Gasteiger partial charge in [-0.25, -0.2) is 0 Å². The van der Waals surface area contributed by atoms with Crippen LogP contribution in [0.25, 0.3) is 0 Å². The third kappa shape index (κ3) is 1.55. The lowest BCUT2D eigenvalue weighted by atomic mass is 10.7. The quantitative estimate of drug-likeness (QED) is 0.673. The summed E-state index contributed by atoms with van der Waals surface area (Å²) in [5.41, 5.74) is 5.31. The topological polar surface area (TPSA) is 108 Å². The molecule has 0 atom stereocenters. The van der Waals surface area contributed by atoms with Crippen molar-refractivity contribution < 1.29 is 4.42 Å². The summed E-state index contributed by atoms with van der Waals surface area (Å²) in [5, 5.41) is 17.7. The molecule has 0 fully saturated rings. The molecule has 2 heterocycles. The van der Waals surface area contributed by atoms with Gasteiger partial charge < -0.3 is 14.7 Å². The fourth-order valence-electron chi connectivity index (χ4n) is 0.879. The zero-order valence-electron chi connectivity index (χ0n) is 7.51. The predicted molar refractivity (Wildman–Crippen MR) is 46.5 cm³/mol. The molecule has 2 rings (SSSR count). The highest BCUT2D eigenvalue weighted by molar-refractivity contribution is 5.38. The zero-order chi connectivity index (χ0) is 9.97. The Balaban J connectivity index is 2.15. The molecule has 74 valence electrons. The van der Waals surface area contributed by atoms with Crippen LogP contribution in [0.15, 0.2) is 10.7 Å². The number of aromatic nitrogens is 5. The van der Waals surface area contributed by atoms with Gasteiger partial charge in [0.05, 0.1) is 6.54 Å². The second-order valence-electron chi connectivity index (χ2n) is 2.60. The van der Waals surface area contributed by atoms with Gasteiger partial charge in [-0.2, -0.15) is 0 Å². The van der Waals surface area contributed by atoms with Crippen LogP contribution in [0, 0.1) is 0 Å². The van der Waals surface area contributed by atoms with E-state index in [1.165, 1.54) is 0 Å². The van der Waals surface area contributed by atoms with Gasteiger partial charge in [-0.1, -0.05) is 5.10 Å². The fourth-order valence-corrected chi connectivity index (χ4v) is 0.879. The number of aryl methyl sites for hydroxylation is 1. The SMILES string of the molecule is Cn1cnnc1Nc1nnc(CN)o1. The molecule has 0 unspecified atom stereocenters. The summed E-state index contributed by atoms with van der Waals surface area (Å²) >= 11 is 0. The molecule has 0 aromatic carbocycles. The van der Waals surface area contributed by atoms with Crippen molar-refractivity contribution in [1.29, 1.82) is 0 Å². The number of hydrogen-bond acceptors (Lipinski definition) is 7. The van der Waals surface area contributed by atoms with E-state index < -0.39 is 0 Å². The van der Waals surface area contributed by atoms with E-state index in [2.05, 4.69) is 25.7 Å². The van der Waals surface area contributed by atoms with Crippen LogP contribution >= 0.6 is 0 Å². The lowest BCUT2D eigenvalue weighted by molar-refractivity contribution is 0.510. The zero-order valence-corrected chi connectivity index (χ0v) is 7.51. The molecule has 0 saturated carbocycles. The van der Waals surface area contributed by atoms with Crippen molar-refractivity contribution in [3.05, 3.63) is 12.2 Å². The van der Waals surface area contributed by atoms with Crippen LogP contribution in [0.1, 0.15) is 5.89 Å². The van der Waals surface area contributed by atoms with Crippen LogP contribution in [0.3, 0.4) is 0 Å². The summed E-state index contributed by atoms with van der Waals surface area (Å²) in [7, 11) is 1.79. The Morgan fingerprint density at radius 2 is 2.36 bits per heavy atom.